The molecule has 1 aliphatic carbocycles. The van der Waals surface area contributed by atoms with Crippen molar-refractivity contribution in [3.05, 3.63) is 53.3 Å². The smallest absolute Gasteiger partial charge is 0.242 e. The van der Waals surface area contributed by atoms with Gasteiger partial charge < -0.3 is 5.32 Å². The van der Waals surface area contributed by atoms with Crippen molar-refractivity contribution >= 4 is 50.9 Å². The number of rotatable bonds is 6. The number of benzene rings is 1. The van der Waals surface area contributed by atoms with Crippen molar-refractivity contribution in [1.29, 1.82) is 0 Å². The molecule has 9 heteroatoms. The van der Waals surface area contributed by atoms with Crippen molar-refractivity contribution in [2.75, 3.05) is 11.9 Å². The van der Waals surface area contributed by atoms with Crippen LogP contribution >= 0.6 is 23.1 Å². The maximum atomic E-state index is 13.0. The predicted octanol–water partition coefficient (Wildman–Crippen LogP) is 4.31. The van der Waals surface area contributed by atoms with Gasteiger partial charge in [0.2, 0.25) is 16.9 Å². The summed E-state index contributed by atoms with van der Waals surface area (Å²) in [6.45, 7) is 4.05. The summed E-state index contributed by atoms with van der Waals surface area (Å²) < 4.78 is 13.0. The summed E-state index contributed by atoms with van der Waals surface area (Å²) in [5.41, 5.74) is 1.60. The Balaban J connectivity index is 1.48. The third-order valence-corrected chi connectivity index (χ3v) is 7.08. The molecular weight excluding hydrogens is 423 g/mol. The van der Waals surface area contributed by atoms with Gasteiger partial charge in [-0.3, -0.25) is 14.5 Å². The zero-order valence-electron chi connectivity index (χ0n) is 16.3. The van der Waals surface area contributed by atoms with Gasteiger partial charge in [-0.05, 0) is 49.9 Å². The highest BCUT2D eigenvalue weighted by atomic mass is 32.2. The van der Waals surface area contributed by atoms with E-state index in [0.29, 0.717) is 22.5 Å². The highest BCUT2D eigenvalue weighted by Crippen LogP contribution is 2.35. The quantitative estimate of drug-likeness (QED) is 0.674. The van der Waals surface area contributed by atoms with Gasteiger partial charge in [0.1, 0.15) is 11.1 Å². The van der Waals surface area contributed by atoms with Crippen molar-refractivity contribution in [3.8, 4) is 0 Å². The molecule has 0 bridgehead atoms. The number of fused-ring (bicyclic) bond motifs is 1. The predicted molar refractivity (Wildman–Crippen MR) is 119 cm³/mol. The summed E-state index contributed by atoms with van der Waals surface area (Å²) >= 11 is 2.85. The molecule has 2 aliphatic rings. The van der Waals surface area contributed by atoms with E-state index in [1.165, 1.54) is 47.3 Å². The number of nitrogens with zero attached hydrogens (tertiary/aromatic N) is 3. The van der Waals surface area contributed by atoms with Gasteiger partial charge in [0.05, 0.1) is 5.69 Å². The van der Waals surface area contributed by atoms with E-state index in [-0.39, 0.29) is 24.1 Å². The lowest BCUT2D eigenvalue weighted by atomic mass is 10.0. The lowest BCUT2D eigenvalue weighted by molar-refractivity contribution is -0.127. The number of halogens is 1. The number of aryl methyl sites for hydroxylation is 2. The van der Waals surface area contributed by atoms with Gasteiger partial charge in [-0.1, -0.05) is 29.2 Å². The second-order valence-electron chi connectivity index (χ2n) is 7.07. The molecule has 156 valence electrons. The molecule has 2 amide bonds. The van der Waals surface area contributed by atoms with E-state index in [2.05, 4.69) is 21.9 Å². The van der Waals surface area contributed by atoms with Crippen LogP contribution in [-0.2, 0) is 22.4 Å². The molecular formula is C21H21FN4O2S2. The summed E-state index contributed by atoms with van der Waals surface area (Å²) in [6, 6.07) is 5.51. The normalized spacial score (nSPS) is 19.8. The van der Waals surface area contributed by atoms with Gasteiger partial charge in [-0.2, -0.15) is 4.99 Å². The molecule has 2 heterocycles. The molecule has 1 atom stereocenters. The monoisotopic (exact) mass is 444 g/mol. The van der Waals surface area contributed by atoms with Crippen LogP contribution in [0.15, 0.2) is 41.9 Å². The molecule has 2 aromatic rings. The average Bonchev–Trinajstić information content (AvgIpc) is 3.26. The van der Waals surface area contributed by atoms with Crippen LogP contribution in [0.5, 0.6) is 0 Å². The lowest BCUT2D eigenvalue weighted by Gasteiger charge is -2.13. The summed E-state index contributed by atoms with van der Waals surface area (Å²) in [6.07, 6.45) is 5.97. The van der Waals surface area contributed by atoms with Crippen LogP contribution in [0.25, 0.3) is 0 Å². The first-order valence-corrected chi connectivity index (χ1v) is 11.4. The lowest BCUT2D eigenvalue weighted by Crippen LogP contribution is -2.33. The first-order chi connectivity index (χ1) is 14.5. The molecule has 1 fully saturated rings. The molecule has 4 rings (SSSR count). The van der Waals surface area contributed by atoms with Crippen LogP contribution in [0.4, 0.5) is 15.2 Å². The SMILES string of the molecule is C=CCN1C(=O)[C@@H](CC(=O)Nc2ccc(F)cc2)SC1=Nc1nc2c(s1)CCCC2. The number of thiazole rings is 1. The Hall–Kier alpha value is -2.52. The minimum absolute atomic E-state index is 0.00189. The standard InChI is InChI=1S/C21H21FN4O2S2/c1-2-11-26-19(28)17(12-18(27)23-14-9-7-13(22)8-10-14)30-21(26)25-20-24-15-5-3-4-6-16(15)29-20/h2,7-10,17H,1,3-6,11-12H2,(H,23,27)/t17-/m1/s1. The number of amides is 2. The van der Waals surface area contributed by atoms with E-state index in [1.54, 1.807) is 22.3 Å². The Kier molecular flexibility index (Phi) is 6.29. The average molecular weight is 445 g/mol. The van der Waals surface area contributed by atoms with Crippen LogP contribution < -0.4 is 5.32 Å². The second-order valence-corrected chi connectivity index (χ2v) is 9.30. The molecule has 0 unspecified atom stereocenters. The first-order valence-electron chi connectivity index (χ1n) is 9.75. The van der Waals surface area contributed by atoms with Crippen molar-refractivity contribution in [2.24, 2.45) is 4.99 Å². The first kappa shape index (κ1) is 20.7. The van der Waals surface area contributed by atoms with Gasteiger partial charge in [0.15, 0.2) is 5.17 Å². The van der Waals surface area contributed by atoms with E-state index in [9.17, 15) is 14.0 Å². The maximum absolute atomic E-state index is 13.0. The largest absolute Gasteiger partial charge is 0.326 e. The number of aliphatic imine (C=N–C) groups is 1. The molecule has 1 aliphatic heterocycles. The van der Waals surface area contributed by atoms with Gasteiger partial charge in [0, 0.05) is 23.5 Å². The minimum atomic E-state index is -0.571. The van der Waals surface area contributed by atoms with E-state index in [4.69, 9.17) is 0 Å². The van der Waals surface area contributed by atoms with E-state index in [0.717, 1.165) is 25.0 Å². The van der Waals surface area contributed by atoms with Crippen LogP contribution in [0.3, 0.4) is 0 Å². The molecule has 1 aromatic heterocycles. The van der Waals surface area contributed by atoms with E-state index in [1.807, 2.05) is 0 Å². The molecule has 0 spiro atoms. The zero-order chi connectivity index (χ0) is 21.1. The Labute approximate surface area is 182 Å². The highest BCUT2D eigenvalue weighted by Gasteiger charge is 2.39. The van der Waals surface area contributed by atoms with Crippen molar-refractivity contribution in [2.45, 2.75) is 37.4 Å². The fourth-order valence-corrected chi connectivity index (χ4v) is 5.63. The summed E-state index contributed by atoms with van der Waals surface area (Å²) in [5, 5.41) is 3.33. The van der Waals surface area contributed by atoms with E-state index >= 15 is 0 Å². The third kappa shape index (κ3) is 4.62. The Morgan fingerprint density at radius 1 is 1.33 bits per heavy atom. The number of amidine groups is 1. The van der Waals surface area contributed by atoms with Gasteiger partial charge in [-0.25, -0.2) is 9.37 Å². The molecule has 0 saturated carbocycles. The fourth-order valence-electron chi connectivity index (χ4n) is 3.40. The van der Waals surface area contributed by atoms with Crippen LogP contribution in [0, 0.1) is 5.82 Å². The number of anilines is 1. The topological polar surface area (TPSA) is 74.7 Å². The van der Waals surface area contributed by atoms with Crippen LogP contribution in [-0.4, -0.2) is 38.7 Å². The molecule has 0 radical (unpaired) electrons. The number of carbonyl (C=O) groups excluding carboxylic acids is 2. The molecule has 6 nitrogen and oxygen atoms in total. The maximum Gasteiger partial charge on any atom is 0.242 e. The highest BCUT2D eigenvalue weighted by molar-refractivity contribution is 8.15. The molecule has 30 heavy (non-hydrogen) atoms. The van der Waals surface area contributed by atoms with Crippen molar-refractivity contribution < 1.29 is 14.0 Å². The third-order valence-electron chi connectivity index (χ3n) is 4.86. The minimum Gasteiger partial charge on any atom is -0.326 e. The van der Waals surface area contributed by atoms with Crippen molar-refractivity contribution in [3.63, 3.8) is 0 Å². The number of aromatic nitrogens is 1. The number of nitrogens with one attached hydrogen (secondary N) is 1. The fraction of sp³-hybridized carbons (Fsp3) is 0.333. The summed E-state index contributed by atoms with van der Waals surface area (Å²) in [5.74, 6) is -0.856. The van der Waals surface area contributed by atoms with Crippen molar-refractivity contribution in [1.82, 2.24) is 9.88 Å². The second kappa shape index (κ2) is 9.09. The van der Waals surface area contributed by atoms with Gasteiger partial charge in [-0.15, -0.1) is 6.58 Å². The summed E-state index contributed by atoms with van der Waals surface area (Å²) in [7, 11) is 0. The van der Waals surface area contributed by atoms with Gasteiger partial charge in [0.25, 0.3) is 0 Å². The molecule has 1 aromatic carbocycles. The number of carbonyl (C=O) groups is 2. The Morgan fingerprint density at radius 2 is 2.10 bits per heavy atom. The number of hydrogen-bond donors (Lipinski definition) is 1. The molecule has 1 N–H and O–H groups in total. The Bertz CT molecular complexity index is 979. The van der Waals surface area contributed by atoms with Gasteiger partial charge >= 0.3 is 0 Å². The molecule has 1 saturated heterocycles. The van der Waals surface area contributed by atoms with Crippen LogP contribution in [0.1, 0.15) is 29.8 Å². The Morgan fingerprint density at radius 3 is 2.83 bits per heavy atom. The summed E-state index contributed by atoms with van der Waals surface area (Å²) in [4.78, 5) is 37.3. The number of hydrogen-bond acceptors (Lipinski definition) is 6. The van der Waals surface area contributed by atoms with E-state index < -0.39 is 5.25 Å². The van der Waals surface area contributed by atoms with Crippen LogP contribution in [0.2, 0.25) is 0 Å². The zero-order valence-corrected chi connectivity index (χ0v) is 17.9. The number of thioether (sulfide) groups is 1.